The van der Waals surface area contributed by atoms with Crippen LogP contribution in [-0.4, -0.2) is 34.8 Å². The number of hydrogen-bond acceptors (Lipinski definition) is 4. The van der Waals surface area contributed by atoms with Crippen LogP contribution >= 0.6 is 0 Å². The Morgan fingerprint density at radius 3 is 2.60 bits per heavy atom. The lowest BCUT2D eigenvalue weighted by Gasteiger charge is -2.33. The van der Waals surface area contributed by atoms with E-state index in [-0.39, 0.29) is 12.1 Å². The first-order valence-corrected chi connectivity index (χ1v) is 3.38. The monoisotopic (exact) mass is 147 g/mol. The topological polar surface area (TPSA) is 75.7 Å². The molecule has 0 aromatic carbocycles. The second-order valence-corrected chi connectivity index (χ2v) is 2.69. The predicted octanol–water partition coefficient (Wildman–Crippen LogP) is -1.20. The molecule has 1 aliphatic rings. The van der Waals surface area contributed by atoms with Gasteiger partial charge >= 0.3 is 0 Å². The van der Waals surface area contributed by atoms with Crippen molar-refractivity contribution in [2.75, 3.05) is 0 Å². The lowest BCUT2D eigenvalue weighted by Crippen LogP contribution is -2.51. The average Bonchev–Trinajstić information content (AvgIpc) is 1.82. The van der Waals surface area contributed by atoms with Crippen LogP contribution in [0.4, 0.5) is 0 Å². The highest BCUT2D eigenvalue weighted by Crippen LogP contribution is 2.16. The highest BCUT2D eigenvalue weighted by atomic mass is 16.6. The van der Waals surface area contributed by atoms with Crippen LogP contribution in [0.25, 0.3) is 0 Å². The van der Waals surface area contributed by atoms with Crippen LogP contribution in [0.3, 0.4) is 0 Å². The minimum atomic E-state index is -0.812. The Morgan fingerprint density at radius 2 is 2.10 bits per heavy atom. The maximum atomic E-state index is 9.20. The fourth-order valence-electron chi connectivity index (χ4n) is 1.10. The summed E-state index contributed by atoms with van der Waals surface area (Å²) >= 11 is 0. The smallest absolute Gasteiger partial charge is 0.156 e. The first-order chi connectivity index (χ1) is 4.61. The van der Waals surface area contributed by atoms with Gasteiger partial charge in [-0.25, -0.2) is 0 Å². The highest BCUT2D eigenvalue weighted by Gasteiger charge is 2.31. The van der Waals surface area contributed by atoms with Crippen molar-refractivity contribution in [3.8, 4) is 0 Å². The highest BCUT2D eigenvalue weighted by molar-refractivity contribution is 4.82. The molecule has 4 N–H and O–H groups in total. The summed E-state index contributed by atoms with van der Waals surface area (Å²) in [4.78, 5) is 0. The molecule has 4 atom stereocenters. The summed E-state index contributed by atoms with van der Waals surface area (Å²) in [7, 11) is 0. The number of nitrogens with two attached hydrogens (primary N) is 1. The second kappa shape index (κ2) is 2.84. The van der Waals surface area contributed by atoms with E-state index in [0.29, 0.717) is 6.42 Å². The Hall–Kier alpha value is -0.160. The molecule has 0 aromatic heterocycles. The minimum absolute atomic E-state index is 0.311. The maximum Gasteiger partial charge on any atom is 0.156 e. The lowest BCUT2D eigenvalue weighted by atomic mass is 10.0. The van der Waals surface area contributed by atoms with E-state index < -0.39 is 12.4 Å². The molecule has 1 heterocycles. The van der Waals surface area contributed by atoms with Crippen molar-refractivity contribution in [1.29, 1.82) is 0 Å². The van der Waals surface area contributed by atoms with E-state index in [4.69, 9.17) is 15.6 Å². The normalized spacial score (nSPS) is 49.2. The molecule has 10 heavy (non-hydrogen) atoms. The van der Waals surface area contributed by atoms with Crippen molar-refractivity contribution in [2.24, 2.45) is 5.73 Å². The Labute approximate surface area is 59.6 Å². The van der Waals surface area contributed by atoms with Gasteiger partial charge in [0.15, 0.2) is 6.29 Å². The zero-order valence-electron chi connectivity index (χ0n) is 5.90. The zero-order chi connectivity index (χ0) is 7.72. The molecule has 4 nitrogen and oxygen atoms in total. The summed E-state index contributed by atoms with van der Waals surface area (Å²) in [6.07, 6.45) is -1.51. The van der Waals surface area contributed by atoms with Gasteiger partial charge in [0.1, 0.15) is 0 Å². The van der Waals surface area contributed by atoms with Crippen molar-refractivity contribution >= 4 is 0 Å². The van der Waals surface area contributed by atoms with E-state index in [9.17, 15) is 5.11 Å². The van der Waals surface area contributed by atoms with Crippen LogP contribution in [0.15, 0.2) is 0 Å². The molecule has 0 saturated carbocycles. The third-order valence-electron chi connectivity index (χ3n) is 1.77. The third-order valence-corrected chi connectivity index (χ3v) is 1.77. The van der Waals surface area contributed by atoms with Gasteiger partial charge in [-0.15, -0.1) is 0 Å². The van der Waals surface area contributed by atoms with E-state index in [1.807, 2.05) is 0 Å². The van der Waals surface area contributed by atoms with Crippen LogP contribution in [0, 0.1) is 0 Å². The molecule has 1 saturated heterocycles. The van der Waals surface area contributed by atoms with E-state index in [1.165, 1.54) is 0 Å². The first-order valence-electron chi connectivity index (χ1n) is 3.38. The van der Waals surface area contributed by atoms with Gasteiger partial charge in [-0.3, -0.25) is 0 Å². The number of hydrogen-bond donors (Lipinski definition) is 3. The zero-order valence-corrected chi connectivity index (χ0v) is 5.90. The summed E-state index contributed by atoms with van der Waals surface area (Å²) in [5.41, 5.74) is 5.47. The molecular weight excluding hydrogens is 134 g/mol. The van der Waals surface area contributed by atoms with Crippen molar-refractivity contribution in [1.82, 2.24) is 0 Å². The van der Waals surface area contributed by atoms with E-state index in [0.717, 1.165) is 0 Å². The Balaban J connectivity index is 2.49. The van der Waals surface area contributed by atoms with Gasteiger partial charge < -0.3 is 20.7 Å². The van der Waals surface area contributed by atoms with Gasteiger partial charge in [-0.05, 0) is 6.92 Å². The van der Waals surface area contributed by atoms with Crippen molar-refractivity contribution in [3.05, 3.63) is 0 Å². The average molecular weight is 147 g/mol. The molecule has 4 heteroatoms. The molecule has 0 bridgehead atoms. The molecule has 1 aliphatic heterocycles. The summed E-state index contributed by atoms with van der Waals surface area (Å²) in [5, 5.41) is 18.2. The van der Waals surface area contributed by atoms with Crippen molar-refractivity contribution < 1.29 is 14.9 Å². The largest absolute Gasteiger partial charge is 0.389 e. The fraction of sp³-hybridized carbons (Fsp3) is 1.00. The molecule has 1 rings (SSSR count). The molecular formula is C6H13NO3. The van der Waals surface area contributed by atoms with Crippen LogP contribution in [0.5, 0.6) is 0 Å². The van der Waals surface area contributed by atoms with Gasteiger partial charge in [-0.1, -0.05) is 0 Å². The molecule has 0 aliphatic carbocycles. The SMILES string of the molecule is C[C@H]1O[C@@H](O)C[C@H](N)[C@@H]1O. The van der Waals surface area contributed by atoms with Gasteiger partial charge in [0.2, 0.25) is 0 Å². The van der Waals surface area contributed by atoms with Crippen LogP contribution in [0.2, 0.25) is 0 Å². The predicted molar refractivity (Wildman–Crippen MR) is 35.2 cm³/mol. The van der Waals surface area contributed by atoms with Gasteiger partial charge in [-0.2, -0.15) is 0 Å². The molecule has 0 radical (unpaired) electrons. The molecule has 0 spiro atoms. The maximum absolute atomic E-state index is 9.20. The van der Waals surface area contributed by atoms with Crippen molar-refractivity contribution in [2.45, 2.75) is 37.9 Å². The van der Waals surface area contributed by atoms with Gasteiger partial charge in [0, 0.05) is 12.5 Å². The quantitative estimate of drug-likeness (QED) is 0.402. The van der Waals surface area contributed by atoms with Crippen LogP contribution in [-0.2, 0) is 4.74 Å². The fourth-order valence-corrected chi connectivity index (χ4v) is 1.10. The van der Waals surface area contributed by atoms with Crippen molar-refractivity contribution in [3.63, 3.8) is 0 Å². The Morgan fingerprint density at radius 1 is 1.50 bits per heavy atom. The van der Waals surface area contributed by atoms with E-state index in [2.05, 4.69) is 0 Å². The van der Waals surface area contributed by atoms with Gasteiger partial charge in [0.25, 0.3) is 0 Å². The van der Waals surface area contributed by atoms with Crippen LogP contribution in [0.1, 0.15) is 13.3 Å². The van der Waals surface area contributed by atoms with E-state index >= 15 is 0 Å². The van der Waals surface area contributed by atoms with Gasteiger partial charge in [0.05, 0.1) is 12.2 Å². The minimum Gasteiger partial charge on any atom is -0.389 e. The summed E-state index contributed by atoms with van der Waals surface area (Å²) in [5.74, 6) is 0. The molecule has 0 aromatic rings. The first kappa shape index (κ1) is 7.94. The summed E-state index contributed by atoms with van der Waals surface area (Å²) in [6, 6.07) is -0.362. The second-order valence-electron chi connectivity index (χ2n) is 2.69. The Kier molecular flexibility index (Phi) is 2.25. The molecule has 0 unspecified atom stereocenters. The lowest BCUT2D eigenvalue weighted by molar-refractivity contribution is -0.198. The number of rotatable bonds is 0. The molecule has 0 amide bonds. The number of aliphatic hydroxyl groups is 2. The molecule has 1 fully saturated rings. The molecule has 60 valence electrons. The summed E-state index contributed by atoms with van der Waals surface area (Å²) in [6.45, 7) is 1.69. The van der Waals surface area contributed by atoms with E-state index in [1.54, 1.807) is 6.92 Å². The third kappa shape index (κ3) is 1.46. The Bertz CT molecular complexity index is 108. The standard InChI is InChI=1S/C6H13NO3/c1-3-6(9)4(7)2-5(8)10-3/h3-6,8-9H,2,7H2,1H3/t3-,4+,5-,6-/m1/s1. The number of aliphatic hydroxyl groups excluding tert-OH is 2. The number of ether oxygens (including phenoxy) is 1. The van der Waals surface area contributed by atoms with Crippen LogP contribution < -0.4 is 5.73 Å². The summed E-state index contributed by atoms with van der Waals surface area (Å²) < 4.78 is 4.89.